The first kappa shape index (κ1) is 23.3. The van der Waals surface area contributed by atoms with Gasteiger partial charge in [0, 0.05) is 39.7 Å². The van der Waals surface area contributed by atoms with Gasteiger partial charge in [0.15, 0.2) is 11.6 Å². The molecule has 0 atom stereocenters. The lowest BCUT2D eigenvalue weighted by molar-refractivity contribution is 0.576. The summed E-state index contributed by atoms with van der Waals surface area (Å²) in [5.41, 5.74) is 10.0. The SMILES string of the molecule is CC1(C)C2=C(CCCC2)c2ccc3c4cnccc4n(-c4nc(-c5ccccc5)nc(-c5ccccc5)n4)c3c21. The van der Waals surface area contributed by atoms with Crippen LogP contribution in [0.15, 0.2) is 96.8 Å². The molecule has 0 aliphatic heterocycles. The third-order valence-electron chi connectivity index (χ3n) is 8.79. The van der Waals surface area contributed by atoms with Gasteiger partial charge in [0.25, 0.3) is 0 Å². The summed E-state index contributed by atoms with van der Waals surface area (Å²) in [6.07, 6.45) is 8.69. The van der Waals surface area contributed by atoms with Crippen LogP contribution < -0.4 is 0 Å². The largest absolute Gasteiger partial charge is 0.277 e. The summed E-state index contributed by atoms with van der Waals surface area (Å²) in [5.74, 6) is 1.96. The lowest BCUT2D eigenvalue weighted by atomic mass is 9.77. The third-order valence-corrected chi connectivity index (χ3v) is 8.79. The van der Waals surface area contributed by atoms with Gasteiger partial charge in [0.2, 0.25) is 5.95 Å². The van der Waals surface area contributed by atoms with Crippen LogP contribution in [0.3, 0.4) is 0 Å². The number of hydrogen-bond donors (Lipinski definition) is 0. The Morgan fingerprint density at radius 2 is 1.38 bits per heavy atom. The maximum atomic E-state index is 5.14. The zero-order valence-electron chi connectivity index (χ0n) is 22.7. The first-order valence-corrected chi connectivity index (χ1v) is 14.1. The van der Waals surface area contributed by atoms with E-state index < -0.39 is 0 Å². The molecule has 0 N–H and O–H groups in total. The summed E-state index contributed by atoms with van der Waals surface area (Å²) in [5, 5.41) is 2.31. The molecule has 3 aromatic heterocycles. The van der Waals surface area contributed by atoms with Gasteiger partial charge in [-0.25, -0.2) is 4.98 Å². The molecule has 3 aromatic carbocycles. The van der Waals surface area contributed by atoms with E-state index >= 15 is 0 Å². The highest BCUT2D eigenvalue weighted by Gasteiger charge is 2.41. The molecule has 0 bridgehead atoms. The first-order valence-electron chi connectivity index (χ1n) is 14.1. The molecule has 6 aromatic rings. The van der Waals surface area contributed by atoms with E-state index in [1.807, 2.05) is 48.8 Å². The second kappa shape index (κ2) is 8.68. The van der Waals surface area contributed by atoms with Crippen LogP contribution in [0.5, 0.6) is 0 Å². The van der Waals surface area contributed by atoms with Gasteiger partial charge in [-0.1, -0.05) is 92.2 Å². The molecule has 0 spiro atoms. The Kier molecular flexibility index (Phi) is 5.05. The molecule has 2 aliphatic rings. The van der Waals surface area contributed by atoms with E-state index in [1.165, 1.54) is 41.3 Å². The molecular weight excluding hydrogens is 490 g/mol. The number of fused-ring (bicyclic) bond motifs is 6. The fourth-order valence-corrected chi connectivity index (χ4v) is 6.98. The van der Waals surface area contributed by atoms with Gasteiger partial charge in [0.05, 0.1) is 11.0 Å². The van der Waals surface area contributed by atoms with Crippen LogP contribution >= 0.6 is 0 Å². The number of benzene rings is 3. The Morgan fingerprint density at radius 3 is 2.08 bits per heavy atom. The highest BCUT2D eigenvalue weighted by molar-refractivity contribution is 6.12. The molecule has 0 fully saturated rings. The van der Waals surface area contributed by atoms with Crippen LogP contribution in [0.2, 0.25) is 0 Å². The van der Waals surface area contributed by atoms with Crippen molar-refractivity contribution >= 4 is 27.4 Å². The summed E-state index contributed by atoms with van der Waals surface area (Å²) in [6.45, 7) is 4.80. The van der Waals surface area contributed by atoms with Crippen molar-refractivity contribution in [1.82, 2.24) is 24.5 Å². The van der Waals surface area contributed by atoms with E-state index in [2.05, 4.69) is 65.9 Å². The van der Waals surface area contributed by atoms with Gasteiger partial charge in [-0.2, -0.15) is 9.97 Å². The average Bonchev–Trinajstić information content (AvgIpc) is 3.47. The average molecular weight is 520 g/mol. The van der Waals surface area contributed by atoms with Crippen molar-refractivity contribution in [3.63, 3.8) is 0 Å². The van der Waals surface area contributed by atoms with Gasteiger partial charge in [-0.15, -0.1) is 0 Å². The van der Waals surface area contributed by atoms with Crippen molar-refractivity contribution < 1.29 is 0 Å². The molecule has 0 unspecified atom stereocenters. The van der Waals surface area contributed by atoms with Crippen molar-refractivity contribution in [3.8, 4) is 28.7 Å². The van der Waals surface area contributed by atoms with E-state index in [1.54, 1.807) is 11.1 Å². The first-order chi connectivity index (χ1) is 19.6. The predicted molar refractivity (Wildman–Crippen MR) is 161 cm³/mol. The standard InChI is InChI=1S/C35H29N5/c1-35(2)28-16-10-9-15-24(28)25-17-18-26-27-21-36-20-19-29(27)40(31(26)30(25)35)34-38-32(22-11-5-3-6-12-22)37-33(39-34)23-13-7-4-8-14-23/h3-8,11-14,17-21H,9-10,15-16H2,1-2H3. The molecule has 3 heterocycles. The van der Waals surface area contributed by atoms with E-state index in [9.17, 15) is 0 Å². The number of rotatable bonds is 3. The quantitative estimate of drug-likeness (QED) is 0.236. The summed E-state index contributed by atoms with van der Waals surface area (Å²) in [7, 11) is 0. The Balaban J connectivity index is 1.49. The van der Waals surface area contributed by atoms with E-state index in [4.69, 9.17) is 15.0 Å². The second-order valence-corrected chi connectivity index (χ2v) is 11.4. The summed E-state index contributed by atoms with van der Waals surface area (Å²) in [6, 6.07) is 27.1. The van der Waals surface area contributed by atoms with Crippen molar-refractivity contribution in [3.05, 3.63) is 108 Å². The minimum absolute atomic E-state index is 0.0678. The number of aromatic nitrogens is 5. The van der Waals surface area contributed by atoms with Crippen molar-refractivity contribution in [2.45, 2.75) is 44.9 Å². The van der Waals surface area contributed by atoms with Crippen molar-refractivity contribution in [2.75, 3.05) is 0 Å². The van der Waals surface area contributed by atoms with Crippen LogP contribution in [-0.4, -0.2) is 24.5 Å². The van der Waals surface area contributed by atoms with Crippen molar-refractivity contribution in [1.29, 1.82) is 0 Å². The van der Waals surface area contributed by atoms with Crippen LogP contribution in [-0.2, 0) is 5.41 Å². The number of allylic oxidation sites excluding steroid dienone is 2. The lowest BCUT2D eigenvalue weighted by Crippen LogP contribution is -2.19. The molecule has 0 saturated heterocycles. The molecule has 40 heavy (non-hydrogen) atoms. The van der Waals surface area contributed by atoms with Crippen LogP contribution in [0.4, 0.5) is 0 Å². The zero-order valence-corrected chi connectivity index (χ0v) is 22.7. The molecule has 2 aliphatic carbocycles. The Bertz CT molecular complexity index is 1910. The third kappa shape index (κ3) is 3.33. The van der Waals surface area contributed by atoms with Crippen LogP contribution in [0.1, 0.15) is 50.7 Å². The normalized spacial score (nSPS) is 15.9. The summed E-state index contributed by atoms with van der Waals surface area (Å²) in [4.78, 5) is 19.8. The highest BCUT2D eigenvalue weighted by atomic mass is 15.2. The predicted octanol–water partition coefficient (Wildman–Crippen LogP) is 8.32. The molecule has 5 nitrogen and oxygen atoms in total. The molecule has 0 saturated carbocycles. The van der Waals surface area contributed by atoms with Crippen LogP contribution in [0.25, 0.3) is 56.1 Å². The van der Waals surface area contributed by atoms with Gasteiger partial charge >= 0.3 is 0 Å². The molecular formula is C35H29N5. The minimum Gasteiger partial charge on any atom is -0.277 e. The highest BCUT2D eigenvalue weighted by Crippen LogP contribution is 2.54. The van der Waals surface area contributed by atoms with E-state index in [0.717, 1.165) is 28.5 Å². The monoisotopic (exact) mass is 519 g/mol. The fraction of sp³-hybridized carbons (Fsp3) is 0.200. The van der Waals surface area contributed by atoms with Crippen molar-refractivity contribution in [2.24, 2.45) is 0 Å². The maximum Gasteiger partial charge on any atom is 0.238 e. The number of pyridine rings is 1. The zero-order chi connectivity index (χ0) is 26.8. The minimum atomic E-state index is -0.0678. The van der Waals surface area contributed by atoms with Crippen LogP contribution in [0, 0.1) is 0 Å². The molecule has 0 radical (unpaired) electrons. The fourth-order valence-electron chi connectivity index (χ4n) is 6.98. The van der Waals surface area contributed by atoms with Gasteiger partial charge < -0.3 is 0 Å². The van der Waals surface area contributed by atoms with Gasteiger partial charge in [0.1, 0.15) is 0 Å². The van der Waals surface area contributed by atoms with E-state index in [0.29, 0.717) is 17.6 Å². The second-order valence-electron chi connectivity index (χ2n) is 11.4. The number of nitrogens with zero attached hydrogens (tertiary/aromatic N) is 5. The number of hydrogen-bond acceptors (Lipinski definition) is 4. The van der Waals surface area contributed by atoms with E-state index in [-0.39, 0.29) is 5.41 Å². The molecule has 8 rings (SSSR count). The maximum absolute atomic E-state index is 5.14. The smallest absolute Gasteiger partial charge is 0.238 e. The van der Waals surface area contributed by atoms with Gasteiger partial charge in [-0.3, -0.25) is 9.55 Å². The summed E-state index contributed by atoms with van der Waals surface area (Å²) < 4.78 is 2.27. The molecule has 194 valence electrons. The topological polar surface area (TPSA) is 56.5 Å². The van der Waals surface area contributed by atoms with Gasteiger partial charge in [-0.05, 0) is 48.4 Å². The Labute approximate surface area is 233 Å². The Hall–Kier alpha value is -4.64. The Morgan fingerprint density at radius 1 is 0.700 bits per heavy atom. The molecule has 0 amide bonds. The summed E-state index contributed by atoms with van der Waals surface area (Å²) >= 11 is 0. The lowest BCUT2D eigenvalue weighted by Gasteiger charge is -2.27. The molecule has 5 heteroatoms.